The zero-order chi connectivity index (χ0) is 37.7. The molecule has 3 amide bonds. The van der Waals surface area contributed by atoms with Crippen LogP contribution in [-0.2, 0) is 27.4 Å². The number of hydrogen-bond donors (Lipinski definition) is 1. The lowest BCUT2D eigenvalue weighted by Gasteiger charge is -2.28. The van der Waals surface area contributed by atoms with Crippen molar-refractivity contribution in [3.8, 4) is 5.75 Å². The number of halogens is 2. The Kier molecular flexibility index (Phi) is 13.7. The van der Waals surface area contributed by atoms with Crippen molar-refractivity contribution in [1.29, 1.82) is 0 Å². The number of carbonyl (C=O) groups excluding carboxylic acids is 3. The minimum absolute atomic E-state index is 0.00150. The maximum absolute atomic E-state index is 14.3. The van der Waals surface area contributed by atoms with Crippen LogP contribution in [0.25, 0.3) is 6.08 Å². The Morgan fingerprint density at radius 1 is 0.981 bits per heavy atom. The Bertz CT molecular complexity index is 2090. The summed E-state index contributed by atoms with van der Waals surface area (Å²) >= 11 is 4.55. The second-order valence-electron chi connectivity index (χ2n) is 11.7. The van der Waals surface area contributed by atoms with Crippen LogP contribution in [0.4, 0.5) is 4.39 Å². The molecule has 4 aromatic carbocycles. The number of ether oxygens (including phenoxy) is 1. The Hall–Kier alpha value is -5.58. The van der Waals surface area contributed by atoms with Gasteiger partial charge in [0.1, 0.15) is 23.7 Å². The van der Waals surface area contributed by atoms with Gasteiger partial charge in [0.2, 0.25) is 5.91 Å². The van der Waals surface area contributed by atoms with Crippen molar-refractivity contribution in [1.82, 2.24) is 10.2 Å². The van der Waals surface area contributed by atoms with E-state index in [1.54, 1.807) is 67.6 Å². The lowest BCUT2D eigenvalue weighted by atomic mass is 9.99. The molecule has 0 atom stereocenters. The fraction of sp³-hybridized carbons (Fsp3) is 0.116. The van der Waals surface area contributed by atoms with Crippen LogP contribution in [0.15, 0.2) is 161 Å². The van der Waals surface area contributed by atoms with Crippen LogP contribution in [0.2, 0.25) is 0 Å². The SMILES string of the molecule is C=C/C=C\C(=C/C)N1C(=O)/C(=C/c2cc(Br)c(OCc3ccccc3F)c(CC=C)c2)C(=O)N=C1SCC(=O)NC(c1ccccc1)c1ccccc1. The van der Waals surface area contributed by atoms with Gasteiger partial charge in [-0.15, -0.1) is 6.58 Å². The summed E-state index contributed by atoms with van der Waals surface area (Å²) < 4.78 is 20.9. The third-order valence-electron chi connectivity index (χ3n) is 8.06. The zero-order valence-electron chi connectivity index (χ0n) is 29.0. The molecule has 268 valence electrons. The quantitative estimate of drug-likeness (QED) is 0.0596. The van der Waals surface area contributed by atoms with Gasteiger partial charge in [-0.1, -0.05) is 122 Å². The summed E-state index contributed by atoms with van der Waals surface area (Å²) in [6, 6.07) is 28.7. The first-order valence-electron chi connectivity index (χ1n) is 16.7. The number of allylic oxidation sites excluding steroid dienone is 5. The van der Waals surface area contributed by atoms with Crippen molar-refractivity contribution in [2.45, 2.75) is 26.0 Å². The average molecular weight is 791 g/mol. The van der Waals surface area contributed by atoms with Gasteiger partial charge in [0.15, 0.2) is 5.17 Å². The summed E-state index contributed by atoms with van der Waals surface area (Å²) in [5, 5.41) is 3.16. The zero-order valence-corrected chi connectivity index (χ0v) is 31.4. The molecule has 5 rings (SSSR count). The highest BCUT2D eigenvalue weighted by Gasteiger charge is 2.35. The van der Waals surface area contributed by atoms with Crippen molar-refractivity contribution in [2.24, 2.45) is 4.99 Å². The van der Waals surface area contributed by atoms with Gasteiger partial charge in [-0.2, -0.15) is 4.99 Å². The molecule has 1 heterocycles. The summed E-state index contributed by atoms with van der Waals surface area (Å²) in [4.78, 5) is 46.9. The molecule has 4 aromatic rings. The molecule has 0 saturated heterocycles. The molecular weight excluding hydrogens is 753 g/mol. The van der Waals surface area contributed by atoms with Crippen LogP contribution >= 0.6 is 27.7 Å². The maximum Gasteiger partial charge on any atom is 0.285 e. The van der Waals surface area contributed by atoms with E-state index in [0.717, 1.165) is 22.9 Å². The fourth-order valence-corrected chi connectivity index (χ4v) is 6.99. The molecule has 0 aromatic heterocycles. The molecule has 1 aliphatic heterocycles. The van der Waals surface area contributed by atoms with E-state index in [2.05, 4.69) is 39.4 Å². The van der Waals surface area contributed by atoms with Gasteiger partial charge in [0.05, 0.1) is 16.3 Å². The molecule has 0 radical (unpaired) electrons. The standard InChI is InChI=1S/C43H37BrFN3O4S/c1-4-7-22-34(6-3)48-42(51)35(25-29-24-32(16-5-2)40(36(44)26-29)52-27-33-21-14-15-23-37(33)45)41(50)47-43(48)53-28-38(49)46-39(30-17-10-8-11-18-30)31-19-12-9-13-20-31/h4-15,17-26,39H,1-2,16,27-28H2,3H3,(H,46,49)/b22-7-,34-6+,35-25+. The molecular formula is C43H37BrFN3O4S. The third-order valence-corrected chi connectivity index (χ3v) is 9.59. The minimum atomic E-state index is -0.745. The van der Waals surface area contributed by atoms with Crippen molar-refractivity contribution >= 4 is 56.7 Å². The number of aliphatic imine (C=N–C) groups is 1. The van der Waals surface area contributed by atoms with Crippen LogP contribution in [0.3, 0.4) is 0 Å². The van der Waals surface area contributed by atoms with E-state index in [1.165, 1.54) is 17.0 Å². The van der Waals surface area contributed by atoms with Crippen LogP contribution in [0.5, 0.6) is 5.75 Å². The van der Waals surface area contributed by atoms with Crippen LogP contribution in [0.1, 0.15) is 40.8 Å². The Morgan fingerprint density at radius 2 is 1.64 bits per heavy atom. The summed E-state index contributed by atoms with van der Waals surface area (Å²) in [5.41, 5.74) is 3.73. The molecule has 0 unspecified atom stereocenters. The number of rotatable bonds is 14. The van der Waals surface area contributed by atoms with E-state index in [1.807, 2.05) is 60.7 Å². The fourth-order valence-electron chi connectivity index (χ4n) is 5.55. The topological polar surface area (TPSA) is 88.1 Å². The number of hydrogen-bond acceptors (Lipinski definition) is 5. The van der Waals surface area contributed by atoms with Crippen molar-refractivity contribution in [3.05, 3.63) is 190 Å². The summed E-state index contributed by atoms with van der Waals surface area (Å²) in [7, 11) is 0. The Balaban J connectivity index is 1.43. The third kappa shape index (κ3) is 9.85. The number of nitrogens with one attached hydrogen (secondary N) is 1. The highest BCUT2D eigenvalue weighted by Crippen LogP contribution is 2.34. The Labute approximate surface area is 321 Å². The molecule has 0 aliphatic carbocycles. The average Bonchev–Trinajstić information content (AvgIpc) is 3.16. The van der Waals surface area contributed by atoms with Crippen molar-refractivity contribution in [2.75, 3.05) is 5.75 Å². The molecule has 0 spiro atoms. The highest BCUT2D eigenvalue weighted by molar-refractivity contribution is 9.10. The lowest BCUT2D eigenvalue weighted by molar-refractivity contribution is -0.126. The van der Waals surface area contributed by atoms with E-state index in [9.17, 15) is 18.8 Å². The molecule has 53 heavy (non-hydrogen) atoms. The highest BCUT2D eigenvalue weighted by atomic mass is 79.9. The van der Waals surface area contributed by atoms with Crippen LogP contribution < -0.4 is 10.1 Å². The van der Waals surface area contributed by atoms with E-state index < -0.39 is 17.9 Å². The number of thioether (sulfide) groups is 1. The second kappa shape index (κ2) is 18.8. The van der Waals surface area contributed by atoms with Gasteiger partial charge in [0.25, 0.3) is 11.8 Å². The van der Waals surface area contributed by atoms with Crippen LogP contribution in [0, 0.1) is 5.82 Å². The predicted molar refractivity (Wildman–Crippen MR) is 214 cm³/mol. The number of amides is 3. The number of carbonyl (C=O) groups is 3. The molecule has 0 bridgehead atoms. The summed E-state index contributed by atoms with van der Waals surface area (Å²) in [6.07, 6.45) is 10.2. The molecule has 0 saturated carbocycles. The van der Waals surface area contributed by atoms with Gasteiger partial charge in [-0.05, 0) is 81.9 Å². The van der Waals surface area contributed by atoms with Gasteiger partial charge in [-0.25, -0.2) is 4.39 Å². The molecule has 0 fully saturated rings. The summed E-state index contributed by atoms with van der Waals surface area (Å²) in [6.45, 7) is 9.33. The number of amidine groups is 1. The van der Waals surface area contributed by atoms with Gasteiger partial charge < -0.3 is 10.1 Å². The first kappa shape index (κ1) is 38.6. The van der Waals surface area contributed by atoms with E-state index in [-0.39, 0.29) is 34.8 Å². The smallest absolute Gasteiger partial charge is 0.285 e. The van der Waals surface area contributed by atoms with Gasteiger partial charge in [0, 0.05) is 11.3 Å². The maximum atomic E-state index is 14.3. The van der Waals surface area contributed by atoms with Crippen molar-refractivity contribution < 1.29 is 23.5 Å². The van der Waals surface area contributed by atoms with E-state index in [4.69, 9.17) is 4.74 Å². The van der Waals surface area contributed by atoms with Crippen molar-refractivity contribution in [3.63, 3.8) is 0 Å². The monoisotopic (exact) mass is 789 g/mol. The summed E-state index contributed by atoms with van der Waals surface area (Å²) in [5.74, 6) is -1.66. The Morgan fingerprint density at radius 3 is 2.26 bits per heavy atom. The number of nitrogens with zero attached hydrogens (tertiary/aromatic N) is 2. The van der Waals surface area contributed by atoms with Crippen LogP contribution in [-0.4, -0.2) is 33.5 Å². The first-order chi connectivity index (χ1) is 25.7. The molecule has 10 heteroatoms. The molecule has 7 nitrogen and oxygen atoms in total. The normalized spacial score (nSPS) is 14.1. The first-order valence-corrected chi connectivity index (χ1v) is 18.5. The number of benzene rings is 4. The predicted octanol–water partition coefficient (Wildman–Crippen LogP) is 9.29. The molecule has 1 aliphatic rings. The second-order valence-corrected chi connectivity index (χ2v) is 13.5. The lowest BCUT2D eigenvalue weighted by Crippen LogP contribution is -2.42. The van der Waals surface area contributed by atoms with Gasteiger partial charge in [-0.3, -0.25) is 19.3 Å². The van der Waals surface area contributed by atoms with E-state index >= 15 is 0 Å². The van der Waals surface area contributed by atoms with Gasteiger partial charge >= 0.3 is 0 Å². The largest absolute Gasteiger partial charge is 0.487 e. The minimum Gasteiger partial charge on any atom is -0.487 e. The van der Waals surface area contributed by atoms with E-state index in [0.29, 0.717) is 39.0 Å². The molecule has 1 N–H and O–H groups in total.